The van der Waals surface area contributed by atoms with Gasteiger partial charge >= 0.3 is 5.97 Å². The first-order chi connectivity index (χ1) is 38.5. The number of hydrogen-bond acceptors (Lipinski definition) is 17. The number of fused-ring (bicyclic) bond motifs is 6. The summed E-state index contributed by atoms with van der Waals surface area (Å²) in [7, 11) is 9.51. The number of hydrogen-bond donors (Lipinski definition) is 7. The Morgan fingerprint density at radius 1 is 0.642 bits per heavy atom. The van der Waals surface area contributed by atoms with Crippen molar-refractivity contribution in [3.63, 3.8) is 0 Å². The molecule has 0 saturated heterocycles. The van der Waals surface area contributed by atoms with Crippen LogP contribution in [0.3, 0.4) is 0 Å². The molecular weight excluding hydrogens is 1050 g/mol. The zero-order valence-corrected chi connectivity index (χ0v) is 47.6. The van der Waals surface area contributed by atoms with E-state index in [1.165, 1.54) is 13.8 Å². The highest BCUT2D eigenvalue weighted by molar-refractivity contribution is 5.94. The lowest BCUT2D eigenvalue weighted by molar-refractivity contribution is -0.463. The van der Waals surface area contributed by atoms with Crippen LogP contribution in [0.1, 0.15) is 101 Å². The minimum atomic E-state index is -0.850. The van der Waals surface area contributed by atoms with Crippen LogP contribution in [0.15, 0.2) is 58.5 Å². The fraction of sp³-hybridized carbons (Fsp3) is 0.464. The number of amidine groups is 2. The van der Waals surface area contributed by atoms with Crippen LogP contribution in [0.5, 0.6) is 34.5 Å². The molecule has 4 aromatic carbocycles. The second-order valence-electron chi connectivity index (χ2n) is 19.2. The molecule has 0 spiro atoms. The molecule has 0 fully saturated rings. The Bertz CT molecular complexity index is 2970. The first-order valence-electron chi connectivity index (χ1n) is 26.1. The number of aryl methyl sites for hydroxylation is 2. The Morgan fingerprint density at radius 3 is 1.46 bits per heavy atom. The van der Waals surface area contributed by atoms with Crippen molar-refractivity contribution in [3.8, 4) is 56.8 Å². The average Bonchev–Trinajstić information content (AvgIpc) is 3.75. The number of nitrogens with two attached hydrogens (primary N) is 3. The number of aliphatic imine (C=N–C) groups is 2. The summed E-state index contributed by atoms with van der Waals surface area (Å²) >= 11 is 0. The number of carbonyl (C=O) groups excluding carboxylic acids is 3. The summed E-state index contributed by atoms with van der Waals surface area (Å²) in [5.41, 5.74) is 25.6. The molecule has 0 aliphatic heterocycles. The van der Waals surface area contributed by atoms with Gasteiger partial charge in [0, 0.05) is 65.2 Å². The normalized spacial score (nSPS) is 14.9. The fourth-order valence-electron chi connectivity index (χ4n) is 9.48. The smallest absolute Gasteiger partial charge is 0.306 e. The highest BCUT2D eigenvalue weighted by Crippen LogP contribution is 2.52. The van der Waals surface area contributed by atoms with Crippen molar-refractivity contribution in [2.75, 3.05) is 79.9 Å². The Labute approximate surface area is 470 Å². The molecule has 25 nitrogen and oxygen atoms in total. The number of carboxylic acids is 1. The quantitative estimate of drug-likeness (QED) is 0.0101. The van der Waals surface area contributed by atoms with Gasteiger partial charge in [-0.1, -0.05) is 26.0 Å². The number of amides is 3. The first-order valence-corrected chi connectivity index (χ1v) is 26.1. The van der Waals surface area contributed by atoms with Gasteiger partial charge in [-0.05, 0) is 121 Å². The molecule has 0 radical (unpaired) electrons. The van der Waals surface area contributed by atoms with Crippen molar-refractivity contribution < 1.29 is 62.6 Å². The summed E-state index contributed by atoms with van der Waals surface area (Å²) in [6.45, 7) is 6.10. The standard InChI is InChI=1S/C28H37N5O7.C20H24N2O4.C8H15N3O4/c1-16(7-6-12-30-24(29)15-33(36)37)28(35)32-19-9-10-20-21(14-19)22(31-17(2)34)11-8-18-13-23(38-3)26(39-4)27(40-5)25(18)20;1-11(23)22-16-8-5-12-9-17(24-2)19(25-3)20(26-4)18(12)14-7-6-13(21)10-15(14)16;1-6(8(12)13)3-2-4-10-7(9)5-11(14)15/h9-10,13-14,16,22H,6-8,11-12,15H2,1-5H3,(H2,29,30)(H,31,34)(H,32,35);6-7,9-10,16H,5,8,21H2,1-4H3,(H,22,23);6H,2-5H2,1H3,(H2,9,10)(H,12,13)/t16-,22-;16-;6-/m000/s1. The summed E-state index contributed by atoms with van der Waals surface area (Å²) in [6, 6.07) is 14.9. The predicted molar refractivity (Wildman–Crippen MR) is 307 cm³/mol. The highest BCUT2D eigenvalue weighted by atomic mass is 16.6. The number of carbonyl (C=O) groups is 4. The molecule has 81 heavy (non-hydrogen) atoms. The molecule has 2 aliphatic carbocycles. The molecule has 10 N–H and O–H groups in total. The first kappa shape index (κ1) is 64.6. The van der Waals surface area contributed by atoms with E-state index in [4.69, 9.17) is 50.7 Å². The SMILES string of the molecule is COc1cc2c(c(OC)c1OC)-c1ccc(N)cc1[C@@H](NC(C)=O)CC2.COc1cc2c(c(OC)c1OC)-c1ccc(NC(=O)[C@@H](C)CCCN=C(N)C[N+](=O)[O-])cc1[C@@H](NC(C)=O)CC2.C[C@@H](CCCN=C(N)C[N+](=O)[O-])C(=O)O. The van der Waals surface area contributed by atoms with Gasteiger partial charge in [-0.3, -0.25) is 49.4 Å². The Balaban J connectivity index is 0.000000293. The maximum absolute atomic E-state index is 13.0. The molecular formula is C56H76N10O15. The van der Waals surface area contributed by atoms with E-state index < -0.39 is 34.8 Å². The van der Waals surface area contributed by atoms with Crippen LogP contribution in [0.25, 0.3) is 22.3 Å². The van der Waals surface area contributed by atoms with Crippen molar-refractivity contribution in [2.45, 2.75) is 91.1 Å². The number of ether oxygens (including phenoxy) is 6. The Hall–Kier alpha value is -8.90. The number of carboxylic acid groups (broad SMARTS) is 1. The average molecular weight is 1130 g/mol. The van der Waals surface area contributed by atoms with Crippen LogP contribution >= 0.6 is 0 Å². The van der Waals surface area contributed by atoms with Crippen LogP contribution in [0, 0.1) is 32.1 Å². The molecule has 0 saturated carbocycles. The minimum absolute atomic E-state index is 0.0250. The fourth-order valence-corrected chi connectivity index (χ4v) is 9.48. The number of anilines is 2. The third-order valence-corrected chi connectivity index (χ3v) is 13.3. The van der Waals surface area contributed by atoms with E-state index >= 15 is 0 Å². The largest absolute Gasteiger partial charge is 0.493 e. The molecule has 0 heterocycles. The topological polar surface area (TPSA) is 369 Å². The van der Waals surface area contributed by atoms with Crippen LogP contribution in [-0.2, 0) is 32.0 Å². The van der Waals surface area contributed by atoms with Crippen molar-refractivity contribution in [1.82, 2.24) is 10.6 Å². The second kappa shape index (κ2) is 31.0. The molecule has 2 aliphatic rings. The lowest BCUT2D eigenvalue weighted by Gasteiger charge is -2.22. The lowest BCUT2D eigenvalue weighted by atomic mass is 9.93. The molecule has 440 valence electrons. The summed E-state index contributed by atoms with van der Waals surface area (Å²) in [6.07, 6.45) is 4.94. The van der Waals surface area contributed by atoms with Gasteiger partial charge in [-0.25, -0.2) is 0 Å². The molecule has 0 aromatic heterocycles. The third-order valence-electron chi connectivity index (χ3n) is 13.3. The van der Waals surface area contributed by atoms with E-state index in [1.807, 2.05) is 55.5 Å². The summed E-state index contributed by atoms with van der Waals surface area (Å²) < 4.78 is 33.7. The maximum Gasteiger partial charge on any atom is 0.306 e. The molecule has 0 bridgehead atoms. The molecule has 4 aromatic rings. The molecule has 4 atom stereocenters. The van der Waals surface area contributed by atoms with E-state index in [2.05, 4.69) is 25.9 Å². The number of nitrogen functional groups attached to an aromatic ring is 1. The van der Waals surface area contributed by atoms with E-state index in [9.17, 15) is 39.4 Å². The number of benzene rings is 4. The Kier molecular flexibility index (Phi) is 24.8. The molecule has 6 rings (SSSR count). The van der Waals surface area contributed by atoms with Crippen LogP contribution in [-0.4, -0.2) is 119 Å². The lowest BCUT2D eigenvalue weighted by Crippen LogP contribution is -2.26. The van der Waals surface area contributed by atoms with Crippen LogP contribution < -0.4 is 61.6 Å². The molecule has 3 amide bonds. The number of aliphatic carboxylic acids is 1. The number of nitro groups is 2. The van der Waals surface area contributed by atoms with Crippen molar-refractivity contribution >= 4 is 46.7 Å². The van der Waals surface area contributed by atoms with Gasteiger partial charge in [0.25, 0.3) is 13.1 Å². The number of rotatable bonds is 23. The zero-order chi connectivity index (χ0) is 60.1. The van der Waals surface area contributed by atoms with Crippen molar-refractivity contribution in [3.05, 3.63) is 91.0 Å². The highest BCUT2D eigenvalue weighted by Gasteiger charge is 2.32. The van der Waals surface area contributed by atoms with Crippen molar-refractivity contribution in [1.29, 1.82) is 0 Å². The van der Waals surface area contributed by atoms with Gasteiger partial charge < -0.3 is 66.7 Å². The van der Waals surface area contributed by atoms with E-state index in [-0.39, 0.29) is 47.4 Å². The monoisotopic (exact) mass is 1130 g/mol. The number of nitrogens with zero attached hydrogens (tertiary/aromatic N) is 4. The summed E-state index contributed by atoms with van der Waals surface area (Å²) in [4.78, 5) is 74.3. The third kappa shape index (κ3) is 18.1. The Morgan fingerprint density at radius 2 is 1.06 bits per heavy atom. The summed E-state index contributed by atoms with van der Waals surface area (Å²) in [5, 5.41) is 38.1. The number of methoxy groups -OCH3 is 6. The van der Waals surface area contributed by atoms with Gasteiger partial charge in [-0.2, -0.15) is 0 Å². The second-order valence-corrected chi connectivity index (χ2v) is 19.2. The van der Waals surface area contributed by atoms with Gasteiger partial charge in [0.05, 0.1) is 60.7 Å². The van der Waals surface area contributed by atoms with E-state index in [1.54, 1.807) is 49.6 Å². The van der Waals surface area contributed by atoms with Gasteiger partial charge in [0.1, 0.15) is 0 Å². The predicted octanol–water partition coefficient (Wildman–Crippen LogP) is 6.70. The zero-order valence-electron chi connectivity index (χ0n) is 47.6. The minimum Gasteiger partial charge on any atom is -0.493 e. The maximum atomic E-state index is 13.0. The van der Waals surface area contributed by atoms with Gasteiger partial charge in [-0.15, -0.1) is 0 Å². The molecule has 0 unspecified atom stereocenters. The van der Waals surface area contributed by atoms with Crippen LogP contribution in [0.4, 0.5) is 11.4 Å². The van der Waals surface area contributed by atoms with E-state index in [0.29, 0.717) is 97.5 Å². The van der Waals surface area contributed by atoms with Gasteiger partial charge in [0.2, 0.25) is 29.2 Å². The summed E-state index contributed by atoms with van der Waals surface area (Å²) in [5.74, 6) is 1.31. The van der Waals surface area contributed by atoms with Crippen LogP contribution in [0.2, 0.25) is 0 Å². The molecule has 25 heteroatoms. The van der Waals surface area contributed by atoms with Crippen molar-refractivity contribution in [2.24, 2.45) is 33.3 Å². The van der Waals surface area contributed by atoms with E-state index in [0.717, 1.165) is 57.3 Å². The number of nitrogens with one attached hydrogen (secondary N) is 3. The van der Waals surface area contributed by atoms with Gasteiger partial charge in [0.15, 0.2) is 34.7 Å².